The second kappa shape index (κ2) is 7.04. The molecule has 114 valence electrons. The minimum absolute atomic E-state index is 0.0106. The summed E-state index contributed by atoms with van der Waals surface area (Å²) in [5.74, 6) is -0.152. The van der Waals surface area contributed by atoms with Gasteiger partial charge in [0.2, 0.25) is 5.91 Å². The molecule has 0 saturated carbocycles. The van der Waals surface area contributed by atoms with E-state index in [0.717, 1.165) is 11.1 Å². The highest BCUT2D eigenvalue weighted by Crippen LogP contribution is 2.18. The highest BCUT2D eigenvalue weighted by atomic mass is 35.5. The molecule has 6 heteroatoms. The minimum Gasteiger partial charge on any atom is -0.349 e. The van der Waals surface area contributed by atoms with Gasteiger partial charge in [-0.2, -0.15) is 0 Å². The Hall–Kier alpha value is -2.40. The van der Waals surface area contributed by atoms with Crippen LogP contribution in [0.2, 0.25) is 5.02 Å². The standard InChI is InChI=1S/C16H15ClN2O3/c1-11(13-3-2-4-14(17)10-13)18-16(20)9-12-5-7-15(8-6-12)19(21)22/h2-8,10-11H,9H2,1H3,(H,18,20)/t11-/m1/s1. The van der Waals surface area contributed by atoms with Crippen LogP contribution in [-0.4, -0.2) is 10.8 Å². The van der Waals surface area contributed by atoms with Gasteiger partial charge in [0.15, 0.2) is 0 Å². The number of nitrogens with zero attached hydrogens (tertiary/aromatic N) is 1. The Labute approximate surface area is 133 Å². The normalized spacial score (nSPS) is 11.7. The van der Waals surface area contributed by atoms with Gasteiger partial charge in [0, 0.05) is 17.2 Å². The highest BCUT2D eigenvalue weighted by Gasteiger charge is 2.11. The second-order valence-corrected chi connectivity index (χ2v) is 5.38. The number of non-ortho nitro benzene ring substituents is 1. The smallest absolute Gasteiger partial charge is 0.269 e. The molecule has 2 rings (SSSR count). The van der Waals surface area contributed by atoms with Crippen molar-refractivity contribution in [2.24, 2.45) is 0 Å². The van der Waals surface area contributed by atoms with Crippen LogP contribution in [0.5, 0.6) is 0 Å². The molecule has 22 heavy (non-hydrogen) atoms. The number of nitro benzene ring substituents is 1. The van der Waals surface area contributed by atoms with E-state index in [1.807, 2.05) is 19.1 Å². The number of halogens is 1. The quantitative estimate of drug-likeness (QED) is 0.675. The summed E-state index contributed by atoms with van der Waals surface area (Å²) in [6, 6.07) is 13.1. The lowest BCUT2D eigenvalue weighted by atomic mass is 10.1. The van der Waals surface area contributed by atoms with Crippen molar-refractivity contribution in [3.8, 4) is 0 Å². The highest BCUT2D eigenvalue weighted by molar-refractivity contribution is 6.30. The third kappa shape index (κ3) is 4.30. The average Bonchev–Trinajstić information content (AvgIpc) is 2.47. The Morgan fingerprint density at radius 2 is 1.95 bits per heavy atom. The lowest BCUT2D eigenvalue weighted by molar-refractivity contribution is -0.384. The molecule has 5 nitrogen and oxygen atoms in total. The Balaban J connectivity index is 1.96. The van der Waals surface area contributed by atoms with Crippen molar-refractivity contribution in [1.82, 2.24) is 5.32 Å². The number of rotatable bonds is 5. The van der Waals surface area contributed by atoms with Crippen molar-refractivity contribution in [2.45, 2.75) is 19.4 Å². The third-order valence-corrected chi connectivity index (χ3v) is 3.47. The predicted octanol–water partition coefficient (Wildman–Crippen LogP) is 3.67. The van der Waals surface area contributed by atoms with Crippen LogP contribution in [0.25, 0.3) is 0 Å². The monoisotopic (exact) mass is 318 g/mol. The van der Waals surface area contributed by atoms with Gasteiger partial charge in [-0.15, -0.1) is 0 Å². The summed E-state index contributed by atoms with van der Waals surface area (Å²) in [4.78, 5) is 22.1. The van der Waals surface area contributed by atoms with E-state index in [4.69, 9.17) is 11.6 Å². The van der Waals surface area contributed by atoms with E-state index in [1.165, 1.54) is 12.1 Å². The van der Waals surface area contributed by atoms with Crippen molar-refractivity contribution in [1.29, 1.82) is 0 Å². The molecule has 1 N–H and O–H groups in total. The maximum atomic E-state index is 12.0. The first-order valence-corrected chi connectivity index (χ1v) is 7.11. The fourth-order valence-electron chi connectivity index (χ4n) is 2.07. The van der Waals surface area contributed by atoms with Gasteiger partial charge < -0.3 is 5.32 Å². The fraction of sp³-hybridized carbons (Fsp3) is 0.188. The molecule has 2 aromatic carbocycles. The summed E-state index contributed by atoms with van der Waals surface area (Å²) in [7, 11) is 0. The number of hydrogen-bond donors (Lipinski definition) is 1. The molecule has 0 unspecified atom stereocenters. The van der Waals surface area contributed by atoms with Crippen molar-refractivity contribution < 1.29 is 9.72 Å². The molecule has 2 aromatic rings. The lowest BCUT2D eigenvalue weighted by Gasteiger charge is -2.14. The Kier molecular flexibility index (Phi) is 5.12. The number of carbonyl (C=O) groups excluding carboxylic acids is 1. The van der Waals surface area contributed by atoms with E-state index >= 15 is 0 Å². The molecular weight excluding hydrogens is 304 g/mol. The zero-order valence-electron chi connectivity index (χ0n) is 12.0. The Morgan fingerprint density at radius 1 is 1.27 bits per heavy atom. The van der Waals surface area contributed by atoms with Crippen LogP contribution < -0.4 is 5.32 Å². The topological polar surface area (TPSA) is 72.2 Å². The number of benzene rings is 2. The van der Waals surface area contributed by atoms with Gasteiger partial charge in [-0.05, 0) is 30.2 Å². The fourth-order valence-corrected chi connectivity index (χ4v) is 2.27. The van der Waals surface area contributed by atoms with Gasteiger partial charge in [-0.3, -0.25) is 14.9 Å². The molecule has 0 radical (unpaired) electrons. The van der Waals surface area contributed by atoms with E-state index in [0.29, 0.717) is 5.02 Å². The average molecular weight is 319 g/mol. The Morgan fingerprint density at radius 3 is 2.55 bits per heavy atom. The zero-order chi connectivity index (χ0) is 16.1. The molecule has 1 amide bonds. The molecule has 0 bridgehead atoms. The lowest BCUT2D eigenvalue weighted by Crippen LogP contribution is -2.28. The van der Waals surface area contributed by atoms with Crippen LogP contribution in [-0.2, 0) is 11.2 Å². The van der Waals surface area contributed by atoms with Crippen molar-refractivity contribution in [2.75, 3.05) is 0 Å². The van der Waals surface area contributed by atoms with Crippen LogP contribution in [0.15, 0.2) is 48.5 Å². The summed E-state index contributed by atoms with van der Waals surface area (Å²) < 4.78 is 0. The summed E-state index contributed by atoms with van der Waals surface area (Å²) in [6.07, 6.45) is 0.170. The molecule has 0 aliphatic heterocycles. The van der Waals surface area contributed by atoms with Gasteiger partial charge in [-0.25, -0.2) is 0 Å². The Bertz CT molecular complexity index is 686. The maximum Gasteiger partial charge on any atom is 0.269 e. The molecule has 0 heterocycles. The molecular formula is C16H15ClN2O3. The number of hydrogen-bond acceptors (Lipinski definition) is 3. The van der Waals surface area contributed by atoms with Crippen LogP contribution in [0.3, 0.4) is 0 Å². The minimum atomic E-state index is -0.467. The summed E-state index contributed by atoms with van der Waals surface area (Å²) >= 11 is 5.93. The summed E-state index contributed by atoms with van der Waals surface area (Å²) in [5.41, 5.74) is 1.65. The molecule has 0 aliphatic carbocycles. The summed E-state index contributed by atoms with van der Waals surface area (Å²) in [6.45, 7) is 1.87. The van der Waals surface area contributed by atoms with Gasteiger partial charge in [0.05, 0.1) is 17.4 Å². The first-order valence-electron chi connectivity index (χ1n) is 6.74. The zero-order valence-corrected chi connectivity index (χ0v) is 12.7. The molecule has 0 fully saturated rings. The van der Waals surface area contributed by atoms with E-state index in [2.05, 4.69) is 5.32 Å². The van der Waals surface area contributed by atoms with E-state index < -0.39 is 4.92 Å². The number of carbonyl (C=O) groups is 1. The molecule has 1 atom stereocenters. The van der Waals surface area contributed by atoms with E-state index in [1.54, 1.807) is 24.3 Å². The molecule has 0 aromatic heterocycles. The van der Waals surface area contributed by atoms with Crippen molar-refractivity contribution in [3.05, 3.63) is 74.8 Å². The third-order valence-electron chi connectivity index (χ3n) is 3.24. The number of amides is 1. The van der Waals surface area contributed by atoms with Crippen molar-refractivity contribution in [3.63, 3.8) is 0 Å². The SMILES string of the molecule is C[C@@H](NC(=O)Cc1ccc([N+](=O)[O-])cc1)c1cccc(Cl)c1. The van der Waals surface area contributed by atoms with E-state index in [9.17, 15) is 14.9 Å². The van der Waals surface area contributed by atoms with Gasteiger partial charge in [-0.1, -0.05) is 35.9 Å². The van der Waals surface area contributed by atoms with Crippen molar-refractivity contribution >= 4 is 23.2 Å². The molecule has 0 saturated heterocycles. The number of nitrogens with one attached hydrogen (secondary N) is 1. The first kappa shape index (κ1) is 16.0. The second-order valence-electron chi connectivity index (χ2n) is 4.94. The van der Waals surface area contributed by atoms with Gasteiger partial charge in [0.1, 0.15) is 0 Å². The van der Waals surface area contributed by atoms with Gasteiger partial charge >= 0.3 is 0 Å². The van der Waals surface area contributed by atoms with E-state index in [-0.39, 0.29) is 24.1 Å². The summed E-state index contributed by atoms with van der Waals surface area (Å²) in [5, 5.41) is 14.1. The van der Waals surface area contributed by atoms with Crippen LogP contribution >= 0.6 is 11.6 Å². The predicted molar refractivity (Wildman–Crippen MR) is 84.8 cm³/mol. The molecule has 0 spiro atoms. The number of nitro groups is 1. The van der Waals surface area contributed by atoms with Crippen LogP contribution in [0.4, 0.5) is 5.69 Å². The largest absolute Gasteiger partial charge is 0.349 e. The van der Waals surface area contributed by atoms with Crippen LogP contribution in [0, 0.1) is 10.1 Å². The van der Waals surface area contributed by atoms with Crippen LogP contribution in [0.1, 0.15) is 24.1 Å². The maximum absolute atomic E-state index is 12.0. The molecule has 0 aliphatic rings. The first-order chi connectivity index (χ1) is 10.5. The van der Waals surface area contributed by atoms with Gasteiger partial charge in [0.25, 0.3) is 5.69 Å².